The second-order valence-corrected chi connectivity index (χ2v) is 5.35. The average Bonchev–Trinajstić information content (AvgIpc) is 3.10. The number of benzene rings is 1. The Labute approximate surface area is 145 Å². The molecular weight excluding hydrogens is 353 g/mol. The van der Waals surface area contributed by atoms with Gasteiger partial charge in [0.1, 0.15) is 17.8 Å². The molecule has 0 saturated heterocycles. The lowest BCUT2D eigenvalue weighted by Crippen LogP contribution is -2.22. The van der Waals surface area contributed by atoms with Crippen molar-refractivity contribution in [2.45, 2.75) is 6.10 Å². The maximum atomic E-state index is 13.7. The summed E-state index contributed by atoms with van der Waals surface area (Å²) in [7, 11) is 1.13. The fraction of sp³-hybridized carbons (Fsp3) is 0.125. The molecule has 128 valence electrons. The maximum absolute atomic E-state index is 13.7. The van der Waals surface area contributed by atoms with E-state index in [2.05, 4.69) is 19.7 Å². The summed E-state index contributed by atoms with van der Waals surface area (Å²) in [6.07, 6.45) is 1.31. The molecule has 0 amide bonds. The number of nitrogens with zero attached hydrogens (tertiary/aromatic N) is 2. The molecule has 1 unspecified atom stereocenters. The Kier molecular flexibility index (Phi) is 4.62. The normalized spacial score (nSPS) is 12.0. The summed E-state index contributed by atoms with van der Waals surface area (Å²) in [4.78, 5) is 35.1. The molecule has 1 atom stereocenters. The molecule has 7 nitrogen and oxygen atoms in total. The number of hydrogen-bond donors (Lipinski definition) is 1. The van der Waals surface area contributed by atoms with Gasteiger partial charge >= 0.3 is 11.9 Å². The summed E-state index contributed by atoms with van der Waals surface area (Å²) < 4.78 is 23.5. The van der Waals surface area contributed by atoms with Crippen LogP contribution in [0.3, 0.4) is 0 Å². The zero-order valence-corrected chi connectivity index (χ0v) is 13.6. The van der Waals surface area contributed by atoms with Crippen LogP contribution < -0.4 is 0 Å². The highest BCUT2D eigenvalue weighted by atomic mass is 35.5. The van der Waals surface area contributed by atoms with E-state index in [1.165, 1.54) is 18.5 Å². The van der Waals surface area contributed by atoms with Crippen molar-refractivity contribution in [3.63, 3.8) is 0 Å². The van der Waals surface area contributed by atoms with Crippen LogP contribution in [0.25, 0.3) is 11.0 Å². The van der Waals surface area contributed by atoms with E-state index in [4.69, 9.17) is 16.3 Å². The van der Waals surface area contributed by atoms with E-state index in [9.17, 15) is 14.0 Å². The van der Waals surface area contributed by atoms with Crippen molar-refractivity contribution in [3.05, 3.63) is 58.9 Å². The average molecular weight is 364 g/mol. The Morgan fingerprint density at radius 2 is 2.08 bits per heavy atom. The number of carbonyl (C=O) groups excluding carboxylic acids is 2. The van der Waals surface area contributed by atoms with E-state index in [0.29, 0.717) is 11.0 Å². The van der Waals surface area contributed by atoms with Crippen LogP contribution in [0.2, 0.25) is 5.02 Å². The van der Waals surface area contributed by atoms with Crippen LogP contribution in [-0.4, -0.2) is 34.0 Å². The molecule has 0 saturated carbocycles. The summed E-state index contributed by atoms with van der Waals surface area (Å²) in [5, 5.41) is 0.307. The minimum Gasteiger partial charge on any atom is -0.466 e. The summed E-state index contributed by atoms with van der Waals surface area (Å²) in [6, 6.07) is 5.22. The highest BCUT2D eigenvalue weighted by molar-refractivity contribution is 6.30. The minimum absolute atomic E-state index is 0.0328. The van der Waals surface area contributed by atoms with Gasteiger partial charge in [-0.25, -0.2) is 23.9 Å². The van der Waals surface area contributed by atoms with E-state index >= 15 is 0 Å². The van der Waals surface area contributed by atoms with Gasteiger partial charge in [0.05, 0.1) is 17.5 Å². The van der Waals surface area contributed by atoms with Gasteiger partial charge in [-0.1, -0.05) is 17.7 Å². The van der Waals surface area contributed by atoms with Crippen molar-refractivity contribution >= 4 is 34.6 Å². The van der Waals surface area contributed by atoms with Crippen LogP contribution in [-0.2, 0) is 14.3 Å². The van der Waals surface area contributed by atoms with Crippen LogP contribution in [0.15, 0.2) is 36.8 Å². The molecule has 0 aliphatic rings. The molecular formula is C16H11ClFN3O4. The molecule has 2 aromatic heterocycles. The Balaban J connectivity index is 1.95. The minimum atomic E-state index is -1.46. The highest BCUT2D eigenvalue weighted by Gasteiger charge is 2.28. The van der Waals surface area contributed by atoms with E-state index in [0.717, 1.165) is 13.2 Å². The van der Waals surface area contributed by atoms with Crippen LogP contribution in [0.1, 0.15) is 22.2 Å². The summed E-state index contributed by atoms with van der Waals surface area (Å²) in [5.41, 5.74) is 0.491. The number of carbonyl (C=O) groups is 2. The van der Waals surface area contributed by atoms with Crippen LogP contribution in [0.4, 0.5) is 4.39 Å². The number of hydrogen-bond acceptors (Lipinski definition) is 6. The van der Waals surface area contributed by atoms with Crippen LogP contribution in [0.5, 0.6) is 0 Å². The number of esters is 2. The second kappa shape index (κ2) is 6.86. The number of methoxy groups -OCH3 is 1. The van der Waals surface area contributed by atoms with Gasteiger partial charge in [0.2, 0.25) is 6.10 Å². The predicted molar refractivity (Wildman–Crippen MR) is 85.5 cm³/mol. The fourth-order valence-corrected chi connectivity index (χ4v) is 2.35. The first-order valence-electron chi connectivity index (χ1n) is 7.03. The lowest BCUT2D eigenvalue weighted by molar-refractivity contribution is -0.151. The largest absolute Gasteiger partial charge is 0.466 e. The number of aromatic nitrogens is 3. The summed E-state index contributed by atoms with van der Waals surface area (Å²) in [6.45, 7) is 0. The molecule has 9 heteroatoms. The Hall–Kier alpha value is -3.00. The topological polar surface area (TPSA) is 94.2 Å². The lowest BCUT2D eigenvalue weighted by Gasteiger charge is -2.16. The number of rotatable bonds is 4. The van der Waals surface area contributed by atoms with Crippen molar-refractivity contribution in [3.8, 4) is 0 Å². The zero-order chi connectivity index (χ0) is 18.0. The van der Waals surface area contributed by atoms with Gasteiger partial charge in [0.15, 0.2) is 5.69 Å². The van der Waals surface area contributed by atoms with Gasteiger partial charge in [-0.15, -0.1) is 0 Å². The number of nitrogens with one attached hydrogen (secondary N) is 1. The van der Waals surface area contributed by atoms with Gasteiger partial charge in [-0.3, -0.25) is 0 Å². The number of halogens is 2. The number of H-pyrrole nitrogens is 1. The molecule has 25 heavy (non-hydrogen) atoms. The third-order valence-corrected chi connectivity index (χ3v) is 3.74. The van der Waals surface area contributed by atoms with Gasteiger partial charge in [-0.05, 0) is 18.2 Å². The molecule has 0 aliphatic heterocycles. The standard InChI is InChI=1S/C16H11ClFN3O4/c1-24-16(23)13(8-2-3-10(17)11(18)6-8)25-15(22)12-9-4-5-19-14(9)21-7-20-12/h2-7,13H,1H3,(H,19,20,21). The Morgan fingerprint density at radius 3 is 2.80 bits per heavy atom. The molecule has 1 aromatic carbocycles. The summed E-state index contributed by atoms with van der Waals surface area (Å²) in [5.74, 6) is -2.49. The number of aromatic amines is 1. The third kappa shape index (κ3) is 3.29. The second-order valence-electron chi connectivity index (χ2n) is 4.94. The van der Waals surface area contributed by atoms with Crippen molar-refractivity contribution in [1.82, 2.24) is 15.0 Å². The van der Waals surface area contributed by atoms with E-state index in [1.54, 1.807) is 12.3 Å². The van der Waals surface area contributed by atoms with E-state index < -0.39 is 23.9 Å². The third-order valence-electron chi connectivity index (χ3n) is 3.43. The van der Waals surface area contributed by atoms with E-state index in [-0.39, 0.29) is 16.3 Å². The molecule has 3 aromatic rings. The lowest BCUT2D eigenvalue weighted by atomic mass is 10.1. The highest BCUT2D eigenvalue weighted by Crippen LogP contribution is 2.25. The van der Waals surface area contributed by atoms with Crippen molar-refractivity contribution in [2.24, 2.45) is 0 Å². The molecule has 0 fully saturated rings. The molecule has 0 bridgehead atoms. The Morgan fingerprint density at radius 1 is 1.28 bits per heavy atom. The van der Waals surface area contributed by atoms with Crippen molar-refractivity contribution in [1.29, 1.82) is 0 Å². The first kappa shape index (κ1) is 16.8. The quantitative estimate of drug-likeness (QED) is 0.716. The molecule has 0 aliphatic carbocycles. The van der Waals surface area contributed by atoms with Gasteiger partial charge < -0.3 is 14.5 Å². The van der Waals surface area contributed by atoms with Crippen molar-refractivity contribution in [2.75, 3.05) is 7.11 Å². The van der Waals surface area contributed by atoms with Crippen molar-refractivity contribution < 1.29 is 23.5 Å². The summed E-state index contributed by atoms with van der Waals surface area (Å²) >= 11 is 5.63. The first-order chi connectivity index (χ1) is 12.0. The van der Waals surface area contributed by atoms with Crippen LogP contribution in [0, 0.1) is 5.82 Å². The smallest absolute Gasteiger partial charge is 0.358 e. The zero-order valence-electron chi connectivity index (χ0n) is 12.8. The molecule has 0 spiro atoms. The van der Waals surface area contributed by atoms with Gasteiger partial charge in [0.25, 0.3) is 0 Å². The van der Waals surface area contributed by atoms with Gasteiger partial charge in [0, 0.05) is 11.8 Å². The van der Waals surface area contributed by atoms with E-state index in [1.807, 2.05) is 0 Å². The first-order valence-corrected chi connectivity index (χ1v) is 7.41. The predicted octanol–water partition coefficient (Wildman–Crippen LogP) is 2.82. The maximum Gasteiger partial charge on any atom is 0.358 e. The molecule has 3 rings (SSSR count). The molecule has 2 heterocycles. The molecule has 0 radical (unpaired) electrons. The number of ether oxygens (including phenoxy) is 2. The number of fused-ring (bicyclic) bond motifs is 1. The fourth-order valence-electron chi connectivity index (χ4n) is 2.23. The van der Waals surface area contributed by atoms with Crippen LogP contribution >= 0.6 is 11.6 Å². The monoisotopic (exact) mass is 363 g/mol. The SMILES string of the molecule is COC(=O)C(OC(=O)c1ncnc2[nH]ccc12)c1ccc(Cl)c(F)c1. The van der Waals surface area contributed by atoms with Gasteiger partial charge in [-0.2, -0.15) is 0 Å². The molecule has 1 N–H and O–H groups in total. The Bertz CT molecular complexity index is 959.